The second-order valence-corrected chi connectivity index (χ2v) is 7.17. The number of rotatable bonds is 3. The van der Waals surface area contributed by atoms with Crippen molar-refractivity contribution in [2.45, 2.75) is 6.92 Å². The van der Waals surface area contributed by atoms with Gasteiger partial charge in [0.1, 0.15) is 17.5 Å². The van der Waals surface area contributed by atoms with Crippen molar-refractivity contribution in [2.75, 3.05) is 16.3 Å². The second-order valence-electron chi connectivity index (χ2n) is 6.74. The van der Waals surface area contributed by atoms with Crippen LogP contribution < -0.4 is 9.80 Å². The summed E-state index contributed by atoms with van der Waals surface area (Å²) in [6.07, 6.45) is 1.33. The van der Waals surface area contributed by atoms with Crippen molar-refractivity contribution in [1.82, 2.24) is 4.98 Å². The lowest BCUT2D eigenvalue weighted by molar-refractivity contribution is -0.385. The van der Waals surface area contributed by atoms with Crippen molar-refractivity contribution in [1.29, 1.82) is 5.26 Å². The molecule has 8 nitrogen and oxygen atoms in total. The standard InChI is InChI=1S/C21H12ClF2N5O3/c1-2-27-19-10-26-12(9-25)6-15(19)14-4-3-11(22)5-18(14)28(21(27)30)20-16(23)7-13(29(31)32)8-17(20)24/h3-8,10H,2H2,1H3. The Kier molecular flexibility index (Phi) is 5.20. The van der Waals surface area contributed by atoms with E-state index in [1.54, 1.807) is 13.0 Å². The fraction of sp³-hybridized carbons (Fsp3) is 0.0952. The first-order valence-corrected chi connectivity index (χ1v) is 9.59. The lowest BCUT2D eigenvalue weighted by Crippen LogP contribution is -2.41. The number of pyridine rings is 1. The average molecular weight is 456 g/mol. The van der Waals surface area contributed by atoms with E-state index in [2.05, 4.69) is 4.98 Å². The summed E-state index contributed by atoms with van der Waals surface area (Å²) in [5.41, 5.74) is -0.339. The number of benzene rings is 2. The highest BCUT2D eigenvalue weighted by Gasteiger charge is 2.36. The van der Waals surface area contributed by atoms with Gasteiger partial charge in [-0.05, 0) is 25.1 Å². The molecule has 0 aliphatic carbocycles. The van der Waals surface area contributed by atoms with Crippen molar-refractivity contribution in [3.05, 3.63) is 75.1 Å². The minimum absolute atomic E-state index is 0.0430. The molecule has 0 N–H and O–H groups in total. The molecule has 0 atom stereocenters. The van der Waals surface area contributed by atoms with Crippen LogP contribution in [-0.2, 0) is 0 Å². The monoisotopic (exact) mass is 455 g/mol. The van der Waals surface area contributed by atoms with E-state index in [0.717, 1.165) is 4.90 Å². The molecule has 2 heterocycles. The number of carbonyl (C=O) groups is 1. The molecule has 0 radical (unpaired) electrons. The molecule has 2 amide bonds. The number of nitrogens with zero attached hydrogens (tertiary/aromatic N) is 5. The van der Waals surface area contributed by atoms with Crippen LogP contribution >= 0.6 is 11.6 Å². The van der Waals surface area contributed by atoms with Gasteiger partial charge in [0.15, 0.2) is 11.6 Å². The molecule has 4 rings (SSSR count). The minimum atomic E-state index is -1.30. The Morgan fingerprint density at radius 3 is 2.44 bits per heavy atom. The van der Waals surface area contributed by atoms with Gasteiger partial charge >= 0.3 is 6.03 Å². The van der Waals surface area contributed by atoms with E-state index in [-0.39, 0.29) is 22.9 Å². The van der Waals surface area contributed by atoms with E-state index < -0.39 is 34.0 Å². The van der Waals surface area contributed by atoms with Gasteiger partial charge in [0.05, 0.1) is 34.6 Å². The highest BCUT2D eigenvalue weighted by Crippen LogP contribution is 2.46. The number of nitro benzene ring substituents is 1. The molecular formula is C21H12ClF2N5O3. The second kappa shape index (κ2) is 7.86. The predicted molar refractivity (Wildman–Crippen MR) is 113 cm³/mol. The van der Waals surface area contributed by atoms with Crippen molar-refractivity contribution in [2.24, 2.45) is 0 Å². The van der Waals surface area contributed by atoms with E-state index >= 15 is 0 Å². The zero-order chi connectivity index (χ0) is 23.2. The van der Waals surface area contributed by atoms with Crippen LogP contribution in [0.15, 0.2) is 42.6 Å². The van der Waals surface area contributed by atoms with Crippen molar-refractivity contribution in [3.8, 4) is 17.2 Å². The van der Waals surface area contributed by atoms with Gasteiger partial charge in [0.2, 0.25) is 0 Å². The normalized spacial score (nSPS) is 12.7. The predicted octanol–water partition coefficient (Wildman–Crippen LogP) is 5.56. The zero-order valence-corrected chi connectivity index (χ0v) is 17.1. The number of amides is 2. The van der Waals surface area contributed by atoms with E-state index in [1.807, 2.05) is 6.07 Å². The summed E-state index contributed by atoms with van der Waals surface area (Å²) in [7, 11) is 0. The van der Waals surface area contributed by atoms with Crippen molar-refractivity contribution >= 4 is 40.4 Å². The Hall–Kier alpha value is -4.10. The van der Waals surface area contributed by atoms with E-state index in [9.17, 15) is 29.0 Å². The van der Waals surface area contributed by atoms with E-state index in [0.29, 0.717) is 28.9 Å². The fourth-order valence-electron chi connectivity index (χ4n) is 3.58. The number of urea groups is 1. The molecule has 0 saturated carbocycles. The summed E-state index contributed by atoms with van der Waals surface area (Å²) < 4.78 is 30.0. The molecule has 32 heavy (non-hydrogen) atoms. The van der Waals surface area contributed by atoms with Crippen LogP contribution in [0.5, 0.6) is 0 Å². The van der Waals surface area contributed by atoms with Gasteiger partial charge in [-0.1, -0.05) is 17.7 Å². The first-order valence-electron chi connectivity index (χ1n) is 9.22. The fourth-order valence-corrected chi connectivity index (χ4v) is 3.74. The molecule has 0 bridgehead atoms. The third kappa shape index (κ3) is 3.29. The largest absolute Gasteiger partial charge is 0.333 e. The summed E-state index contributed by atoms with van der Waals surface area (Å²) in [4.78, 5) is 29.6. The molecule has 0 saturated heterocycles. The van der Waals surface area contributed by atoms with Crippen LogP contribution in [0.4, 0.5) is 36.3 Å². The molecule has 160 valence electrons. The number of aromatic nitrogens is 1. The highest BCUT2D eigenvalue weighted by atomic mass is 35.5. The summed E-state index contributed by atoms with van der Waals surface area (Å²) in [6.45, 7) is 1.76. The Bertz CT molecular complexity index is 1320. The van der Waals surface area contributed by atoms with E-state index in [4.69, 9.17) is 11.6 Å². The number of carbonyl (C=O) groups excluding carboxylic acids is 1. The molecule has 0 spiro atoms. The first kappa shape index (κ1) is 21.1. The van der Waals surface area contributed by atoms with Gasteiger partial charge in [-0.15, -0.1) is 0 Å². The summed E-state index contributed by atoms with van der Waals surface area (Å²) in [6, 6.07) is 8.08. The molecule has 1 aliphatic heterocycles. The van der Waals surface area contributed by atoms with Crippen LogP contribution in [0.2, 0.25) is 5.02 Å². The maximum absolute atomic E-state index is 15.0. The number of halogens is 3. The van der Waals surface area contributed by atoms with Gasteiger partial charge in [0.25, 0.3) is 5.69 Å². The first-order chi connectivity index (χ1) is 15.3. The van der Waals surface area contributed by atoms with Crippen LogP contribution in [0.3, 0.4) is 0 Å². The lowest BCUT2D eigenvalue weighted by Gasteiger charge is -2.28. The van der Waals surface area contributed by atoms with Crippen molar-refractivity contribution < 1.29 is 18.5 Å². The molecule has 0 unspecified atom stereocenters. The topological polar surface area (TPSA) is 103 Å². The number of nitriles is 1. The highest BCUT2D eigenvalue weighted by molar-refractivity contribution is 6.31. The van der Waals surface area contributed by atoms with E-state index in [1.165, 1.54) is 29.3 Å². The van der Waals surface area contributed by atoms with Crippen molar-refractivity contribution in [3.63, 3.8) is 0 Å². The number of fused-ring (bicyclic) bond motifs is 3. The SMILES string of the molecule is CCN1C(=O)N(c2c(F)cc([N+](=O)[O-])cc2F)c2cc(Cl)ccc2-c2cc(C#N)ncc21. The van der Waals surface area contributed by atoms with Crippen LogP contribution in [0.1, 0.15) is 12.6 Å². The molecule has 11 heteroatoms. The number of hydrogen-bond acceptors (Lipinski definition) is 5. The molecule has 2 aromatic carbocycles. The summed E-state index contributed by atoms with van der Waals surface area (Å²) >= 11 is 6.14. The Balaban J connectivity index is 2.08. The number of anilines is 3. The Labute approximate surface area is 185 Å². The smallest absolute Gasteiger partial charge is 0.292 e. The van der Waals surface area contributed by atoms with Crippen LogP contribution in [-0.4, -0.2) is 22.5 Å². The molecule has 3 aromatic rings. The average Bonchev–Trinajstić information content (AvgIpc) is 2.85. The third-order valence-corrected chi connectivity index (χ3v) is 5.19. The van der Waals surface area contributed by atoms with Gasteiger partial charge in [-0.25, -0.2) is 18.6 Å². The molecule has 0 fully saturated rings. The van der Waals surface area contributed by atoms with Gasteiger partial charge < -0.3 is 0 Å². The Morgan fingerprint density at radius 2 is 1.84 bits per heavy atom. The maximum Gasteiger partial charge on any atom is 0.333 e. The number of non-ortho nitro benzene ring substituents is 1. The Morgan fingerprint density at radius 1 is 1.16 bits per heavy atom. The van der Waals surface area contributed by atoms with Crippen LogP contribution in [0.25, 0.3) is 11.1 Å². The molecule has 1 aliphatic rings. The van der Waals surface area contributed by atoms with Crippen LogP contribution in [0, 0.1) is 33.1 Å². The molecular weight excluding hydrogens is 444 g/mol. The third-order valence-electron chi connectivity index (χ3n) is 4.95. The summed E-state index contributed by atoms with van der Waals surface area (Å²) in [5.74, 6) is -2.59. The quantitative estimate of drug-likeness (QED) is 0.380. The zero-order valence-electron chi connectivity index (χ0n) is 16.3. The van der Waals surface area contributed by atoms with Gasteiger partial charge in [-0.2, -0.15) is 5.26 Å². The molecule has 1 aromatic heterocycles. The number of nitro groups is 1. The summed E-state index contributed by atoms with van der Waals surface area (Å²) in [5, 5.41) is 20.5. The van der Waals surface area contributed by atoms with Gasteiger partial charge in [0, 0.05) is 22.7 Å². The van der Waals surface area contributed by atoms with Gasteiger partial charge in [-0.3, -0.25) is 19.9 Å². The lowest BCUT2D eigenvalue weighted by atomic mass is 10.0. The minimum Gasteiger partial charge on any atom is -0.292 e. The maximum atomic E-state index is 15.0. The number of hydrogen-bond donors (Lipinski definition) is 0.